The van der Waals surface area contributed by atoms with Gasteiger partial charge in [-0.15, -0.1) is 22.7 Å². The van der Waals surface area contributed by atoms with Gasteiger partial charge >= 0.3 is 25.9 Å². The second-order valence-corrected chi connectivity index (χ2v) is 33.6. The first-order chi connectivity index (χ1) is 44.6. The third-order valence-corrected chi connectivity index (χ3v) is 23.3. The first kappa shape index (κ1) is 86.1. The highest BCUT2D eigenvalue weighted by Gasteiger charge is 2.32. The van der Waals surface area contributed by atoms with Crippen molar-refractivity contribution in [3.05, 3.63) is 150 Å². The Morgan fingerprint density at radius 2 is 1.09 bits per heavy atom. The second kappa shape index (κ2) is 42.1. The third-order valence-electron chi connectivity index (χ3n) is 12.8. The Bertz CT molecular complexity index is 4390. The molecule has 532 valence electrons. The number of aldehydes is 1. The minimum absolute atomic E-state index is 0.0517. The van der Waals surface area contributed by atoms with Crippen molar-refractivity contribution in [2.45, 2.75) is 120 Å². The summed E-state index contributed by atoms with van der Waals surface area (Å²) in [7, 11) is -14.9. The van der Waals surface area contributed by atoms with E-state index in [1.165, 1.54) is 30.5 Å². The number of aryl methyl sites for hydroxylation is 2. The number of halogens is 1. The predicted molar refractivity (Wildman–Crippen MR) is 382 cm³/mol. The van der Waals surface area contributed by atoms with Crippen LogP contribution in [0, 0.1) is 13.8 Å². The van der Waals surface area contributed by atoms with Crippen molar-refractivity contribution >= 4 is 137 Å². The molecule has 95 heavy (non-hydrogen) atoms. The number of rotatable bonds is 27. The number of hydrogen-bond donors (Lipinski definition) is 2. The van der Waals surface area contributed by atoms with Crippen LogP contribution in [0.15, 0.2) is 117 Å². The Balaban J connectivity index is 0.000000413. The number of nitrogens with zero attached hydrogens (tertiary/aromatic N) is 3. The molecule has 0 aliphatic rings. The molecule has 0 saturated carbocycles. The first-order valence-corrected chi connectivity index (χ1v) is 42.2. The SMILES string of the molecule is CCCC(CS(=O)(=O)O)n1c(=O)n(Cc2csc3cccc(C)c23)c2ccccc21.CCCC=CS(=O)(=O)OC.CCCC=O.CCOP(=O)(CS(=O)(=O)OC)OCC.CCOP(=O)(Cl)OCC.COS(C)(=O)=O.Cc1cccc2scc(Cn3c(=O)[nH]c4ccccc43)c12. The summed E-state index contributed by atoms with van der Waals surface area (Å²) in [6.07, 6.45) is 8.07. The van der Waals surface area contributed by atoms with E-state index in [0.29, 0.717) is 51.1 Å². The Morgan fingerprint density at radius 3 is 1.52 bits per heavy atom. The summed E-state index contributed by atoms with van der Waals surface area (Å²) in [5, 5.41) is 7.76. The van der Waals surface area contributed by atoms with E-state index in [4.69, 9.17) is 20.3 Å². The van der Waals surface area contributed by atoms with Gasteiger partial charge in [0.05, 0.1) is 106 Å². The number of carbonyl (C=O) groups is 1. The summed E-state index contributed by atoms with van der Waals surface area (Å²) >= 11 is 8.64. The first-order valence-electron chi connectivity index (χ1n) is 29.8. The van der Waals surface area contributed by atoms with E-state index < -0.39 is 72.3 Å². The summed E-state index contributed by atoms with van der Waals surface area (Å²) in [5.74, 6) is -0.477. The maximum atomic E-state index is 13.5. The smallest absolute Gasteiger partial charge is 0.308 e. The van der Waals surface area contributed by atoms with Crippen LogP contribution in [0.4, 0.5) is 0 Å². The molecule has 0 amide bonds. The van der Waals surface area contributed by atoms with Crippen LogP contribution in [0.1, 0.15) is 115 Å². The molecule has 25 nitrogen and oxygen atoms in total. The molecule has 1 unspecified atom stereocenters. The van der Waals surface area contributed by atoms with Gasteiger partial charge in [-0.3, -0.25) is 44.4 Å². The highest BCUT2D eigenvalue weighted by molar-refractivity contribution is 7.93. The monoisotopic (exact) mass is 1500 g/mol. The number of carbonyl (C=O) groups excluding carboxylic acids is 1. The number of hydrogen-bond acceptors (Lipinski definition) is 22. The fraction of sp³-hybridized carbons (Fsp3) is 0.459. The Morgan fingerprint density at radius 1 is 0.621 bits per heavy atom. The van der Waals surface area contributed by atoms with Crippen LogP contribution in [0.2, 0.25) is 0 Å². The Labute approximate surface area is 570 Å². The van der Waals surface area contributed by atoms with E-state index in [1.54, 1.807) is 61.0 Å². The average Bonchev–Trinajstić information content (AvgIpc) is 1.61. The van der Waals surface area contributed by atoms with Crippen molar-refractivity contribution in [3.63, 3.8) is 0 Å². The van der Waals surface area contributed by atoms with Crippen LogP contribution in [0.3, 0.4) is 0 Å². The van der Waals surface area contributed by atoms with Gasteiger partial charge in [0.15, 0.2) is 5.49 Å². The lowest BCUT2D eigenvalue weighted by atomic mass is 10.1. The standard InChI is InChI=1S/C22H24N2O4S2.C17H14N2OS.C6H15O6PS.C6H12O3S.C4H10ClO3P.C4H8O.C2H6O3S/c1-3-7-17(14-30(26,27)28)24-19-10-5-4-9-18(19)23(22(24)25)12-16-13-29-20-11-6-8-15(2)21(16)20;1-11-5-4-8-15-16(11)12(10-21-15)9-19-14-7-3-2-6-13(14)18-17(19)20;1-4-11-13(7,12-5-2)6-14(8,9)10-3;1-3-4-5-6-10(7,8)9-2;1-3-7-9(5,6)8-4-2;1-2-3-4-5;1-5-6(2,3)4/h4-6,8-11,13,17H,3,7,12,14H2,1-2H3,(H,26,27,28);2-8,10H,9H2,1H3,(H,18,20);4-6H2,1-3H3;5-6H,3-4H2,1-2H3;3-4H2,1-2H3;4H,2-3H2,1H3;1-2H3. The fourth-order valence-electron chi connectivity index (χ4n) is 8.75. The van der Waals surface area contributed by atoms with Gasteiger partial charge in [-0.25, -0.2) is 14.2 Å². The normalized spacial score (nSPS) is 12.2. The van der Waals surface area contributed by atoms with Gasteiger partial charge in [0.1, 0.15) is 6.29 Å². The quantitative estimate of drug-likeness (QED) is 0.0209. The van der Waals surface area contributed by atoms with Gasteiger partial charge in [-0.05, 0) is 130 Å². The van der Waals surface area contributed by atoms with Gasteiger partial charge in [0.25, 0.3) is 40.5 Å². The summed E-state index contributed by atoms with van der Waals surface area (Å²) < 4.78 is 156. The largest absolute Gasteiger partial charge is 0.424 e. The number of nitrogens with one attached hydrogen (secondary N) is 1. The minimum atomic E-state index is -4.22. The lowest BCUT2D eigenvalue weighted by molar-refractivity contribution is -0.107. The summed E-state index contributed by atoms with van der Waals surface area (Å²) in [6.45, 7) is 15.3. The molecule has 0 saturated heterocycles. The molecule has 4 aromatic carbocycles. The molecule has 0 radical (unpaired) electrons. The lowest BCUT2D eigenvalue weighted by Crippen LogP contribution is -2.31. The van der Waals surface area contributed by atoms with Gasteiger partial charge in [-0.1, -0.05) is 88.2 Å². The molecule has 4 aromatic heterocycles. The number of para-hydroxylation sites is 4. The van der Waals surface area contributed by atoms with Crippen LogP contribution in [0.25, 0.3) is 42.2 Å². The molecule has 2 N–H and O–H groups in total. The molecule has 0 aliphatic heterocycles. The maximum absolute atomic E-state index is 13.5. The number of allylic oxidation sites excluding steroid dienone is 1. The molecule has 0 fully saturated rings. The number of fused-ring (bicyclic) bond motifs is 4. The predicted octanol–water partition coefficient (Wildman–Crippen LogP) is 14.0. The molecular weight excluding hydrogens is 1410 g/mol. The van der Waals surface area contributed by atoms with Gasteiger partial charge < -0.3 is 18.8 Å². The van der Waals surface area contributed by atoms with Crippen molar-refractivity contribution in [3.8, 4) is 0 Å². The Kier molecular flexibility index (Phi) is 38.1. The Hall–Kier alpha value is -5.02. The number of imidazole rings is 2. The van der Waals surface area contributed by atoms with Crippen molar-refractivity contribution in [1.82, 2.24) is 18.7 Å². The zero-order valence-corrected chi connectivity index (χ0v) is 63.1. The topological polar surface area (TPSA) is 337 Å². The third kappa shape index (κ3) is 29.9. The minimum Gasteiger partial charge on any atom is -0.308 e. The number of benzene rings is 4. The van der Waals surface area contributed by atoms with Crippen LogP contribution in [-0.4, -0.2) is 128 Å². The number of thiophene rings is 2. The van der Waals surface area contributed by atoms with E-state index in [9.17, 15) is 61.7 Å². The van der Waals surface area contributed by atoms with E-state index in [-0.39, 0.29) is 24.6 Å². The summed E-state index contributed by atoms with van der Waals surface area (Å²) in [6, 6.07) is 27.1. The highest BCUT2D eigenvalue weighted by Crippen LogP contribution is 2.53. The van der Waals surface area contributed by atoms with E-state index in [2.05, 4.69) is 81.5 Å². The zero-order valence-electron chi connectivity index (χ0n) is 55.6. The zero-order chi connectivity index (χ0) is 71.8. The van der Waals surface area contributed by atoms with E-state index in [0.717, 1.165) is 91.6 Å². The maximum Gasteiger partial charge on any atom is 0.424 e. The molecule has 0 bridgehead atoms. The van der Waals surface area contributed by atoms with Crippen molar-refractivity contribution < 1.29 is 82.8 Å². The van der Waals surface area contributed by atoms with Crippen molar-refractivity contribution in [1.29, 1.82) is 0 Å². The lowest BCUT2D eigenvalue weighted by Gasteiger charge is -2.16. The number of H-pyrrole nitrogens is 1. The molecule has 4 heterocycles. The molecule has 0 aliphatic carbocycles. The second-order valence-electron chi connectivity index (χ2n) is 20.1. The summed E-state index contributed by atoms with van der Waals surface area (Å²) in [4.78, 5) is 38.0. The fourth-order valence-corrected chi connectivity index (χ4v) is 16.8. The van der Waals surface area contributed by atoms with Crippen LogP contribution in [-0.2, 0) is 98.1 Å². The molecule has 8 rings (SSSR count). The van der Waals surface area contributed by atoms with Crippen LogP contribution >= 0.6 is 48.5 Å². The average molecular weight is 1500 g/mol. The molecule has 8 aromatic rings. The number of aromatic amines is 1. The van der Waals surface area contributed by atoms with Gasteiger partial charge in [-0.2, -0.15) is 33.7 Å². The van der Waals surface area contributed by atoms with E-state index in [1.807, 2.05) is 79.9 Å². The van der Waals surface area contributed by atoms with Crippen molar-refractivity contribution in [2.24, 2.45) is 0 Å². The van der Waals surface area contributed by atoms with Gasteiger partial charge in [0, 0.05) is 37.8 Å². The molecule has 34 heteroatoms. The van der Waals surface area contributed by atoms with Gasteiger partial charge in [0.2, 0.25) is 0 Å². The van der Waals surface area contributed by atoms with Crippen LogP contribution < -0.4 is 11.4 Å². The number of aromatic nitrogens is 4. The van der Waals surface area contributed by atoms with Crippen molar-refractivity contribution in [2.75, 3.05) is 65.3 Å². The molecule has 1 atom stereocenters. The molecular formula is C61H89ClN4O21P2S6. The van der Waals surface area contributed by atoms with Crippen LogP contribution in [0.5, 0.6) is 0 Å². The number of unbranched alkanes of at least 4 members (excludes halogenated alkanes) is 2. The highest BCUT2D eigenvalue weighted by atomic mass is 35.7. The summed E-state index contributed by atoms with van der Waals surface area (Å²) in [5.41, 5.74) is 6.92. The molecule has 0 spiro atoms. The van der Waals surface area contributed by atoms with E-state index >= 15 is 0 Å².